The Bertz CT molecular complexity index is 212. The fourth-order valence-corrected chi connectivity index (χ4v) is 1.81. The van der Waals surface area contributed by atoms with E-state index >= 15 is 0 Å². The van der Waals surface area contributed by atoms with E-state index in [4.69, 9.17) is 0 Å². The average molecular weight is 240 g/mol. The minimum atomic E-state index is -0.0608. The van der Waals surface area contributed by atoms with E-state index < -0.39 is 0 Å². The predicted molar refractivity (Wildman–Crippen MR) is 74.1 cm³/mol. The van der Waals surface area contributed by atoms with Gasteiger partial charge in [-0.3, -0.25) is 4.79 Å². The quantitative estimate of drug-likeness (QED) is 0.470. The second-order valence-electron chi connectivity index (χ2n) is 4.32. The largest absolute Gasteiger partial charge is 0.342 e. The molecule has 0 rings (SSSR count). The van der Waals surface area contributed by atoms with Crippen molar-refractivity contribution in [3.05, 3.63) is 12.7 Å². The van der Waals surface area contributed by atoms with E-state index in [1.165, 1.54) is 12.8 Å². The molecule has 0 radical (unpaired) electrons. The summed E-state index contributed by atoms with van der Waals surface area (Å²) < 4.78 is 0. The third-order valence-corrected chi connectivity index (χ3v) is 2.98. The van der Waals surface area contributed by atoms with Gasteiger partial charge in [-0.05, 0) is 46.6 Å². The Kier molecular flexibility index (Phi) is 9.83. The molecular weight excluding hydrogens is 212 g/mol. The summed E-state index contributed by atoms with van der Waals surface area (Å²) in [5.74, 6) is 0.209. The maximum atomic E-state index is 11.9. The molecule has 1 N–H and O–H groups in total. The first-order valence-electron chi connectivity index (χ1n) is 6.80. The molecule has 3 nitrogen and oxygen atoms in total. The number of nitrogens with zero attached hydrogens (tertiary/aromatic N) is 1. The molecule has 100 valence electrons. The van der Waals surface area contributed by atoms with Crippen LogP contribution in [-0.4, -0.2) is 36.5 Å². The van der Waals surface area contributed by atoms with Gasteiger partial charge in [0.05, 0.1) is 6.04 Å². The molecule has 3 heteroatoms. The molecule has 0 aromatic carbocycles. The lowest BCUT2D eigenvalue weighted by Gasteiger charge is -2.23. The molecule has 1 amide bonds. The van der Waals surface area contributed by atoms with Crippen molar-refractivity contribution in [3.8, 4) is 0 Å². The standard InChI is InChI=1S/C14H28N2O/c1-5-8-9-10-11-12-15-13(4)14(17)16(6-2)7-3/h5,13,15H,1,6-12H2,2-4H3. The summed E-state index contributed by atoms with van der Waals surface area (Å²) in [5, 5.41) is 3.29. The van der Waals surface area contributed by atoms with Crippen LogP contribution in [0.15, 0.2) is 12.7 Å². The summed E-state index contributed by atoms with van der Waals surface area (Å²) in [6, 6.07) is -0.0608. The molecule has 0 aliphatic rings. The zero-order chi connectivity index (χ0) is 13.1. The van der Waals surface area contributed by atoms with Gasteiger partial charge in [-0.25, -0.2) is 0 Å². The van der Waals surface area contributed by atoms with Crippen molar-refractivity contribution in [1.82, 2.24) is 10.2 Å². The Labute approximate surface area is 106 Å². The van der Waals surface area contributed by atoms with E-state index in [1.54, 1.807) is 0 Å². The highest BCUT2D eigenvalue weighted by atomic mass is 16.2. The van der Waals surface area contributed by atoms with Crippen molar-refractivity contribution in [1.29, 1.82) is 0 Å². The number of allylic oxidation sites excluding steroid dienone is 1. The highest BCUT2D eigenvalue weighted by Gasteiger charge is 2.16. The molecule has 17 heavy (non-hydrogen) atoms. The smallest absolute Gasteiger partial charge is 0.239 e. The van der Waals surface area contributed by atoms with Gasteiger partial charge in [-0.2, -0.15) is 0 Å². The Balaban J connectivity index is 3.66. The van der Waals surface area contributed by atoms with Crippen LogP contribution in [0.4, 0.5) is 0 Å². The van der Waals surface area contributed by atoms with E-state index in [9.17, 15) is 4.79 Å². The fourth-order valence-electron chi connectivity index (χ4n) is 1.81. The number of hydrogen-bond acceptors (Lipinski definition) is 2. The van der Waals surface area contributed by atoms with Gasteiger partial charge in [0.15, 0.2) is 0 Å². The molecule has 0 saturated heterocycles. The van der Waals surface area contributed by atoms with Crippen molar-refractivity contribution in [2.24, 2.45) is 0 Å². The molecule has 0 saturated carbocycles. The van der Waals surface area contributed by atoms with Crippen molar-refractivity contribution < 1.29 is 4.79 Å². The van der Waals surface area contributed by atoms with Crippen LogP contribution in [0.3, 0.4) is 0 Å². The summed E-state index contributed by atoms with van der Waals surface area (Å²) in [7, 11) is 0. The highest BCUT2D eigenvalue weighted by Crippen LogP contribution is 2.00. The number of carbonyl (C=O) groups is 1. The van der Waals surface area contributed by atoms with Gasteiger partial charge in [0.25, 0.3) is 0 Å². The van der Waals surface area contributed by atoms with Gasteiger partial charge in [-0.15, -0.1) is 6.58 Å². The Morgan fingerprint density at radius 1 is 1.29 bits per heavy atom. The lowest BCUT2D eigenvalue weighted by atomic mass is 10.2. The van der Waals surface area contributed by atoms with E-state index in [0.717, 1.165) is 32.5 Å². The Morgan fingerprint density at radius 3 is 2.47 bits per heavy atom. The minimum Gasteiger partial charge on any atom is -0.342 e. The Morgan fingerprint density at radius 2 is 1.94 bits per heavy atom. The van der Waals surface area contributed by atoms with Gasteiger partial charge < -0.3 is 10.2 Å². The van der Waals surface area contributed by atoms with Crippen LogP contribution >= 0.6 is 0 Å². The molecule has 0 heterocycles. The number of likely N-dealkylation sites (N-methyl/N-ethyl adjacent to an activating group) is 1. The summed E-state index contributed by atoms with van der Waals surface area (Å²) in [6.45, 7) is 12.2. The first-order chi connectivity index (χ1) is 8.17. The van der Waals surface area contributed by atoms with Gasteiger partial charge in [0.2, 0.25) is 5.91 Å². The molecular formula is C14H28N2O. The van der Waals surface area contributed by atoms with Crippen LogP contribution in [0, 0.1) is 0 Å². The van der Waals surface area contributed by atoms with E-state index in [-0.39, 0.29) is 11.9 Å². The second-order valence-corrected chi connectivity index (χ2v) is 4.32. The van der Waals surface area contributed by atoms with Crippen LogP contribution in [0.5, 0.6) is 0 Å². The fraction of sp³-hybridized carbons (Fsp3) is 0.786. The molecule has 0 bridgehead atoms. The molecule has 0 aromatic heterocycles. The molecule has 0 fully saturated rings. The van der Waals surface area contributed by atoms with Crippen molar-refractivity contribution in [2.45, 2.75) is 52.5 Å². The lowest BCUT2D eigenvalue weighted by Crippen LogP contribution is -2.45. The molecule has 1 atom stereocenters. The summed E-state index contributed by atoms with van der Waals surface area (Å²) in [5.41, 5.74) is 0. The number of amides is 1. The normalized spacial score (nSPS) is 12.2. The van der Waals surface area contributed by atoms with Crippen LogP contribution < -0.4 is 5.32 Å². The monoisotopic (exact) mass is 240 g/mol. The maximum absolute atomic E-state index is 11.9. The molecule has 1 unspecified atom stereocenters. The van der Waals surface area contributed by atoms with E-state index in [1.807, 2.05) is 31.7 Å². The van der Waals surface area contributed by atoms with E-state index in [0.29, 0.717) is 0 Å². The number of hydrogen-bond donors (Lipinski definition) is 1. The van der Waals surface area contributed by atoms with E-state index in [2.05, 4.69) is 11.9 Å². The topological polar surface area (TPSA) is 32.3 Å². The molecule has 0 aliphatic carbocycles. The van der Waals surface area contributed by atoms with Gasteiger partial charge in [-0.1, -0.05) is 12.5 Å². The summed E-state index contributed by atoms with van der Waals surface area (Å²) in [6.07, 6.45) is 6.58. The second kappa shape index (κ2) is 10.3. The first-order valence-corrected chi connectivity index (χ1v) is 6.80. The van der Waals surface area contributed by atoms with Crippen molar-refractivity contribution in [3.63, 3.8) is 0 Å². The predicted octanol–water partition coefficient (Wildman–Crippen LogP) is 2.58. The zero-order valence-electron chi connectivity index (χ0n) is 11.7. The number of rotatable bonds is 10. The number of unbranched alkanes of at least 4 members (excludes halogenated alkanes) is 3. The SMILES string of the molecule is C=CCCCCCNC(C)C(=O)N(CC)CC. The minimum absolute atomic E-state index is 0.0608. The molecule has 0 spiro atoms. The summed E-state index contributed by atoms with van der Waals surface area (Å²) >= 11 is 0. The van der Waals surface area contributed by atoms with Crippen LogP contribution in [0.2, 0.25) is 0 Å². The van der Waals surface area contributed by atoms with Crippen molar-refractivity contribution in [2.75, 3.05) is 19.6 Å². The number of carbonyl (C=O) groups excluding carboxylic acids is 1. The first kappa shape index (κ1) is 16.2. The zero-order valence-corrected chi connectivity index (χ0v) is 11.7. The van der Waals surface area contributed by atoms with Gasteiger partial charge in [0, 0.05) is 13.1 Å². The maximum Gasteiger partial charge on any atom is 0.239 e. The number of nitrogens with one attached hydrogen (secondary N) is 1. The third kappa shape index (κ3) is 7.16. The molecule has 0 aliphatic heterocycles. The third-order valence-electron chi connectivity index (χ3n) is 2.98. The van der Waals surface area contributed by atoms with Gasteiger partial charge >= 0.3 is 0 Å². The highest BCUT2D eigenvalue weighted by molar-refractivity contribution is 5.81. The summed E-state index contributed by atoms with van der Waals surface area (Å²) in [4.78, 5) is 13.8. The average Bonchev–Trinajstić information content (AvgIpc) is 2.34. The van der Waals surface area contributed by atoms with Crippen molar-refractivity contribution >= 4 is 5.91 Å². The van der Waals surface area contributed by atoms with Crippen LogP contribution in [0.1, 0.15) is 46.5 Å². The molecule has 0 aromatic rings. The van der Waals surface area contributed by atoms with Crippen LogP contribution in [0.25, 0.3) is 0 Å². The van der Waals surface area contributed by atoms with Gasteiger partial charge in [0.1, 0.15) is 0 Å². The lowest BCUT2D eigenvalue weighted by molar-refractivity contribution is -0.132. The van der Waals surface area contributed by atoms with Crippen LogP contribution in [-0.2, 0) is 4.79 Å². The Hall–Kier alpha value is -0.830.